The van der Waals surface area contributed by atoms with Crippen LogP contribution in [0.15, 0.2) is 47.4 Å². The van der Waals surface area contributed by atoms with Gasteiger partial charge in [-0.25, -0.2) is 13.6 Å². The maximum absolute atomic E-state index is 11.4. The number of ether oxygens (including phenoxy) is 1. The number of benzene rings is 2. The van der Waals surface area contributed by atoms with Gasteiger partial charge in [0.25, 0.3) is 5.69 Å². The SMILES string of the molecule is CCOc1ccc(CN(C)c2ccc(S(N)(=O)=O)cc2[N+](=O)[O-])cc1. The number of nitrogens with two attached hydrogens (primary N) is 1. The highest BCUT2D eigenvalue weighted by Crippen LogP contribution is 2.30. The van der Waals surface area contributed by atoms with Crippen molar-refractivity contribution in [3.63, 3.8) is 0 Å². The first-order valence-electron chi connectivity index (χ1n) is 7.46. The largest absolute Gasteiger partial charge is 0.494 e. The van der Waals surface area contributed by atoms with Gasteiger partial charge >= 0.3 is 0 Å². The zero-order valence-corrected chi connectivity index (χ0v) is 14.7. The fraction of sp³-hybridized carbons (Fsp3) is 0.250. The van der Waals surface area contributed by atoms with Crippen LogP contribution in [0.5, 0.6) is 5.75 Å². The van der Waals surface area contributed by atoms with Gasteiger partial charge in [0.05, 0.1) is 16.4 Å². The zero-order chi connectivity index (χ0) is 18.6. The molecule has 0 aliphatic carbocycles. The highest BCUT2D eigenvalue weighted by Gasteiger charge is 2.21. The topological polar surface area (TPSA) is 116 Å². The summed E-state index contributed by atoms with van der Waals surface area (Å²) < 4.78 is 28.2. The third kappa shape index (κ3) is 4.68. The molecule has 0 spiro atoms. The minimum absolute atomic E-state index is 0.294. The summed E-state index contributed by atoms with van der Waals surface area (Å²) in [5, 5.41) is 16.3. The Labute approximate surface area is 146 Å². The summed E-state index contributed by atoms with van der Waals surface area (Å²) in [7, 11) is -2.32. The summed E-state index contributed by atoms with van der Waals surface area (Å²) >= 11 is 0. The predicted molar refractivity (Wildman–Crippen MR) is 94.2 cm³/mol. The normalized spacial score (nSPS) is 11.2. The van der Waals surface area contributed by atoms with Crippen molar-refractivity contribution in [2.75, 3.05) is 18.6 Å². The molecule has 0 aliphatic rings. The third-order valence-corrected chi connectivity index (χ3v) is 4.45. The molecule has 2 N–H and O–H groups in total. The number of nitro benzene ring substituents is 1. The Morgan fingerprint density at radius 2 is 1.84 bits per heavy atom. The van der Waals surface area contributed by atoms with Crippen molar-refractivity contribution < 1.29 is 18.1 Å². The first-order chi connectivity index (χ1) is 11.7. The Morgan fingerprint density at radius 3 is 2.36 bits per heavy atom. The van der Waals surface area contributed by atoms with Crippen LogP contribution in [0.2, 0.25) is 0 Å². The molecule has 0 aliphatic heterocycles. The molecule has 2 aromatic rings. The number of nitrogens with zero attached hydrogens (tertiary/aromatic N) is 2. The lowest BCUT2D eigenvalue weighted by Crippen LogP contribution is -2.19. The van der Waals surface area contributed by atoms with E-state index in [-0.39, 0.29) is 10.6 Å². The highest BCUT2D eigenvalue weighted by atomic mass is 32.2. The third-order valence-electron chi connectivity index (χ3n) is 3.54. The fourth-order valence-corrected chi connectivity index (χ4v) is 2.90. The Morgan fingerprint density at radius 1 is 1.20 bits per heavy atom. The summed E-state index contributed by atoms with van der Waals surface area (Å²) in [6.07, 6.45) is 0. The van der Waals surface area contributed by atoms with Gasteiger partial charge < -0.3 is 9.64 Å². The lowest BCUT2D eigenvalue weighted by molar-refractivity contribution is -0.384. The standard InChI is InChI=1S/C16H19N3O5S/c1-3-24-13-6-4-12(5-7-13)11-18(2)15-9-8-14(25(17,22)23)10-16(15)19(20)21/h4-10H,3,11H2,1-2H3,(H2,17,22,23). The van der Waals surface area contributed by atoms with Crippen LogP contribution in [0.1, 0.15) is 12.5 Å². The lowest BCUT2D eigenvalue weighted by Gasteiger charge is -2.20. The van der Waals surface area contributed by atoms with Crippen molar-refractivity contribution >= 4 is 21.4 Å². The van der Waals surface area contributed by atoms with E-state index in [4.69, 9.17) is 9.88 Å². The van der Waals surface area contributed by atoms with Crippen LogP contribution in [0.3, 0.4) is 0 Å². The smallest absolute Gasteiger partial charge is 0.293 e. The minimum Gasteiger partial charge on any atom is -0.494 e. The van der Waals surface area contributed by atoms with Gasteiger partial charge in [-0.3, -0.25) is 10.1 Å². The second-order valence-corrected chi connectivity index (χ2v) is 6.95. The van der Waals surface area contributed by atoms with Crippen LogP contribution in [-0.4, -0.2) is 27.0 Å². The molecule has 8 nitrogen and oxygen atoms in total. The monoisotopic (exact) mass is 365 g/mol. The molecule has 0 fully saturated rings. The molecular formula is C16H19N3O5S. The quantitative estimate of drug-likeness (QED) is 0.594. The molecule has 9 heteroatoms. The Hall–Kier alpha value is -2.65. The Kier molecular flexibility index (Phi) is 5.60. The number of hydrogen-bond acceptors (Lipinski definition) is 6. The van der Waals surface area contributed by atoms with Crippen LogP contribution in [-0.2, 0) is 16.6 Å². The van der Waals surface area contributed by atoms with Gasteiger partial charge in [0.2, 0.25) is 10.0 Å². The maximum atomic E-state index is 11.4. The Bertz CT molecular complexity index is 866. The predicted octanol–water partition coefficient (Wildman–Crippen LogP) is 2.28. The minimum atomic E-state index is -4.01. The second kappa shape index (κ2) is 7.49. The van der Waals surface area contributed by atoms with Crippen molar-refractivity contribution in [3.8, 4) is 5.75 Å². The summed E-state index contributed by atoms with van der Waals surface area (Å²) in [5.74, 6) is 0.748. The van der Waals surface area contributed by atoms with Crippen LogP contribution < -0.4 is 14.8 Å². The number of anilines is 1. The van der Waals surface area contributed by atoms with Gasteiger partial charge in [0.1, 0.15) is 11.4 Å². The fourth-order valence-electron chi connectivity index (χ4n) is 2.37. The van der Waals surface area contributed by atoms with Crippen molar-refractivity contribution in [1.29, 1.82) is 0 Å². The van der Waals surface area contributed by atoms with Gasteiger partial charge in [-0.2, -0.15) is 0 Å². The van der Waals surface area contributed by atoms with E-state index in [9.17, 15) is 18.5 Å². The molecule has 0 aromatic heterocycles. The van der Waals surface area contributed by atoms with Crippen molar-refractivity contribution in [1.82, 2.24) is 0 Å². The molecule has 25 heavy (non-hydrogen) atoms. The summed E-state index contributed by atoms with van der Waals surface area (Å²) in [5.41, 5.74) is 0.905. The first-order valence-corrected chi connectivity index (χ1v) is 9.01. The van der Waals surface area contributed by atoms with Gasteiger partial charge in [0, 0.05) is 19.7 Å². The van der Waals surface area contributed by atoms with Gasteiger partial charge in [-0.15, -0.1) is 0 Å². The zero-order valence-electron chi connectivity index (χ0n) is 13.9. The molecule has 0 radical (unpaired) electrons. The van der Waals surface area contributed by atoms with Crippen LogP contribution >= 0.6 is 0 Å². The van der Waals surface area contributed by atoms with E-state index in [1.165, 1.54) is 12.1 Å². The molecule has 0 heterocycles. The molecule has 2 rings (SSSR count). The summed E-state index contributed by atoms with van der Waals surface area (Å²) in [4.78, 5) is 12.0. The molecule has 2 aromatic carbocycles. The molecule has 0 bridgehead atoms. The van der Waals surface area contributed by atoms with Crippen LogP contribution in [0.4, 0.5) is 11.4 Å². The van der Waals surface area contributed by atoms with Crippen molar-refractivity contribution in [2.45, 2.75) is 18.4 Å². The molecular weight excluding hydrogens is 346 g/mol. The van der Waals surface area contributed by atoms with Crippen molar-refractivity contribution in [3.05, 3.63) is 58.1 Å². The van der Waals surface area contributed by atoms with Gasteiger partial charge in [0.15, 0.2) is 0 Å². The van der Waals surface area contributed by atoms with Gasteiger partial charge in [-0.1, -0.05) is 12.1 Å². The molecule has 134 valence electrons. The van der Waals surface area contributed by atoms with E-state index in [0.29, 0.717) is 18.8 Å². The van der Waals surface area contributed by atoms with Crippen LogP contribution in [0, 0.1) is 10.1 Å². The Balaban J connectivity index is 2.29. The van der Waals surface area contributed by atoms with E-state index in [0.717, 1.165) is 17.4 Å². The van der Waals surface area contributed by atoms with E-state index >= 15 is 0 Å². The van der Waals surface area contributed by atoms with E-state index in [1.807, 2.05) is 31.2 Å². The van der Waals surface area contributed by atoms with E-state index in [1.54, 1.807) is 11.9 Å². The number of rotatable bonds is 7. The molecule has 0 unspecified atom stereocenters. The molecule has 0 atom stereocenters. The van der Waals surface area contributed by atoms with E-state index in [2.05, 4.69) is 0 Å². The number of primary sulfonamides is 1. The second-order valence-electron chi connectivity index (χ2n) is 5.39. The number of hydrogen-bond donors (Lipinski definition) is 1. The van der Waals surface area contributed by atoms with Crippen LogP contribution in [0.25, 0.3) is 0 Å². The average Bonchev–Trinajstić information content (AvgIpc) is 2.55. The average molecular weight is 365 g/mol. The molecule has 0 saturated carbocycles. The number of sulfonamides is 1. The first kappa shape index (κ1) is 18.7. The van der Waals surface area contributed by atoms with E-state index < -0.39 is 14.9 Å². The van der Waals surface area contributed by atoms with Gasteiger partial charge in [-0.05, 0) is 36.8 Å². The summed E-state index contributed by atoms with van der Waals surface area (Å²) in [6.45, 7) is 2.87. The number of nitro groups is 1. The lowest BCUT2D eigenvalue weighted by atomic mass is 10.2. The molecule has 0 saturated heterocycles. The molecule has 0 amide bonds. The maximum Gasteiger partial charge on any atom is 0.293 e. The van der Waals surface area contributed by atoms with Crippen molar-refractivity contribution in [2.24, 2.45) is 5.14 Å². The highest BCUT2D eigenvalue weighted by molar-refractivity contribution is 7.89. The summed E-state index contributed by atoms with van der Waals surface area (Å²) in [6, 6.07) is 11.0.